The van der Waals surface area contributed by atoms with Crippen molar-refractivity contribution in [3.63, 3.8) is 0 Å². The Balaban J connectivity index is 1.35. The molecular formula is C21H23N5O2. The first-order valence-corrected chi connectivity index (χ1v) is 10.0. The normalized spacial score (nSPS) is 25.4. The first-order valence-electron chi connectivity index (χ1n) is 10.0. The fraction of sp³-hybridized carbons (Fsp3) is 0.476. The number of hydrogen-bond acceptors (Lipinski definition) is 6. The molecule has 0 bridgehead atoms. The molecule has 1 aromatic carbocycles. The third-order valence-electron chi connectivity index (χ3n) is 6.60. The van der Waals surface area contributed by atoms with Gasteiger partial charge in [0.2, 0.25) is 0 Å². The molecule has 2 aliphatic carbocycles. The number of rotatable bonds is 4. The molecule has 2 unspecified atom stereocenters. The number of nitrogens with zero attached hydrogens (tertiary/aromatic N) is 5. The molecule has 2 saturated carbocycles. The highest BCUT2D eigenvalue weighted by atomic mass is 16.5. The van der Waals surface area contributed by atoms with Gasteiger partial charge in [-0.15, -0.1) is 0 Å². The van der Waals surface area contributed by atoms with Crippen molar-refractivity contribution in [2.45, 2.75) is 31.3 Å². The van der Waals surface area contributed by atoms with E-state index in [1.54, 1.807) is 6.33 Å². The number of morpholine rings is 1. The van der Waals surface area contributed by atoms with Gasteiger partial charge in [0.25, 0.3) is 0 Å². The molecule has 144 valence electrons. The number of aliphatic hydroxyl groups excluding tert-OH is 1. The molecule has 2 atom stereocenters. The number of hydrogen-bond donors (Lipinski definition) is 1. The molecular weight excluding hydrogens is 354 g/mol. The zero-order chi connectivity index (χ0) is 18.7. The summed E-state index contributed by atoms with van der Waals surface area (Å²) in [7, 11) is 0. The van der Waals surface area contributed by atoms with Crippen molar-refractivity contribution in [1.29, 1.82) is 0 Å². The maximum Gasteiger partial charge on any atom is 0.159 e. The lowest BCUT2D eigenvalue weighted by atomic mass is 10.1. The molecule has 3 aromatic rings. The molecule has 3 heterocycles. The summed E-state index contributed by atoms with van der Waals surface area (Å²) >= 11 is 0. The van der Waals surface area contributed by atoms with Gasteiger partial charge in [-0.3, -0.25) is 0 Å². The second kappa shape index (κ2) is 5.99. The first kappa shape index (κ1) is 16.4. The second-order valence-corrected chi connectivity index (χ2v) is 8.35. The number of benzene rings is 1. The molecule has 3 fully saturated rings. The summed E-state index contributed by atoms with van der Waals surface area (Å²) < 4.78 is 7.46. The van der Waals surface area contributed by atoms with Crippen LogP contribution in [0, 0.1) is 5.41 Å². The molecule has 6 rings (SSSR count). The van der Waals surface area contributed by atoms with Gasteiger partial charge in [0.05, 0.1) is 31.0 Å². The Morgan fingerprint density at radius 3 is 2.89 bits per heavy atom. The molecule has 3 aliphatic rings. The highest BCUT2D eigenvalue weighted by Crippen LogP contribution is 2.75. The number of anilines is 1. The van der Waals surface area contributed by atoms with Gasteiger partial charge in [0.1, 0.15) is 12.1 Å². The maximum atomic E-state index is 9.40. The quantitative estimate of drug-likeness (QED) is 0.752. The van der Waals surface area contributed by atoms with E-state index in [9.17, 15) is 5.11 Å². The summed E-state index contributed by atoms with van der Waals surface area (Å²) in [6.45, 7) is 1.98. The smallest absolute Gasteiger partial charge is 0.159 e. The minimum absolute atomic E-state index is 0.0175. The number of fused-ring (bicyclic) bond motifs is 1. The lowest BCUT2D eigenvalue weighted by molar-refractivity contribution is 0.00335. The summed E-state index contributed by atoms with van der Waals surface area (Å²) in [4.78, 5) is 11.1. The molecule has 7 heteroatoms. The van der Waals surface area contributed by atoms with Crippen LogP contribution in [0.15, 0.2) is 36.8 Å². The van der Waals surface area contributed by atoms with Crippen LogP contribution in [0.5, 0.6) is 0 Å². The van der Waals surface area contributed by atoms with Crippen LogP contribution < -0.4 is 4.90 Å². The monoisotopic (exact) mass is 377 g/mol. The highest BCUT2D eigenvalue weighted by Gasteiger charge is 2.62. The van der Waals surface area contributed by atoms with E-state index in [2.05, 4.69) is 38.2 Å². The van der Waals surface area contributed by atoms with Crippen LogP contribution in [0.4, 0.5) is 5.82 Å². The lowest BCUT2D eigenvalue weighted by Gasteiger charge is -2.32. The summed E-state index contributed by atoms with van der Waals surface area (Å²) in [5.41, 5.74) is 3.17. The highest BCUT2D eigenvalue weighted by molar-refractivity contribution is 5.81. The van der Waals surface area contributed by atoms with Crippen LogP contribution in [0.3, 0.4) is 0 Å². The molecule has 0 radical (unpaired) electrons. The average Bonchev–Trinajstić information content (AvgIpc) is 3.65. The van der Waals surface area contributed by atoms with Crippen LogP contribution >= 0.6 is 0 Å². The molecule has 1 saturated heterocycles. The van der Waals surface area contributed by atoms with E-state index in [-0.39, 0.29) is 12.7 Å². The van der Waals surface area contributed by atoms with E-state index >= 15 is 0 Å². The van der Waals surface area contributed by atoms with Crippen LogP contribution in [-0.2, 0) is 4.74 Å². The van der Waals surface area contributed by atoms with Gasteiger partial charge in [-0.05, 0) is 42.2 Å². The Morgan fingerprint density at radius 1 is 1.18 bits per heavy atom. The fourth-order valence-corrected chi connectivity index (χ4v) is 4.63. The SMILES string of the molecule is OCC1CN(c2cc(-n3ncc4ccc(C5CC56CC6)cc43)ncn2)CCO1. The molecule has 0 amide bonds. The topological polar surface area (TPSA) is 76.3 Å². The number of aromatic nitrogens is 4. The second-order valence-electron chi connectivity index (χ2n) is 8.35. The maximum absolute atomic E-state index is 9.40. The van der Waals surface area contributed by atoms with Crippen molar-refractivity contribution < 1.29 is 9.84 Å². The Bertz CT molecular complexity index is 1040. The Hall–Kier alpha value is -2.51. The zero-order valence-electron chi connectivity index (χ0n) is 15.7. The van der Waals surface area contributed by atoms with Gasteiger partial charge in [-0.2, -0.15) is 5.10 Å². The van der Waals surface area contributed by atoms with Gasteiger partial charge in [-0.1, -0.05) is 12.1 Å². The average molecular weight is 377 g/mol. The third-order valence-corrected chi connectivity index (χ3v) is 6.60. The molecule has 7 nitrogen and oxygen atoms in total. The van der Waals surface area contributed by atoms with Crippen LogP contribution in [-0.4, -0.2) is 57.3 Å². The van der Waals surface area contributed by atoms with Crippen LogP contribution in [0.25, 0.3) is 16.7 Å². The van der Waals surface area contributed by atoms with Crippen molar-refractivity contribution in [2.24, 2.45) is 5.41 Å². The van der Waals surface area contributed by atoms with E-state index in [1.807, 2.05) is 16.9 Å². The van der Waals surface area contributed by atoms with Gasteiger partial charge >= 0.3 is 0 Å². The van der Waals surface area contributed by atoms with E-state index < -0.39 is 0 Å². The zero-order valence-corrected chi connectivity index (χ0v) is 15.7. The number of aliphatic hydroxyl groups is 1. The van der Waals surface area contributed by atoms with Gasteiger partial charge in [0, 0.05) is 24.5 Å². The van der Waals surface area contributed by atoms with E-state index in [0.717, 1.165) is 35.0 Å². The molecule has 28 heavy (non-hydrogen) atoms. The largest absolute Gasteiger partial charge is 0.394 e. The van der Waals surface area contributed by atoms with Crippen molar-refractivity contribution >= 4 is 16.7 Å². The summed E-state index contributed by atoms with van der Waals surface area (Å²) in [5.74, 6) is 2.33. The lowest BCUT2D eigenvalue weighted by Crippen LogP contribution is -2.44. The predicted octanol–water partition coefficient (Wildman–Crippen LogP) is 2.28. The minimum atomic E-state index is -0.173. The van der Waals surface area contributed by atoms with Crippen molar-refractivity contribution in [1.82, 2.24) is 19.7 Å². The number of ether oxygens (including phenoxy) is 1. The van der Waals surface area contributed by atoms with E-state index in [0.29, 0.717) is 18.6 Å². The molecule has 1 aliphatic heterocycles. The fourth-order valence-electron chi connectivity index (χ4n) is 4.63. The van der Waals surface area contributed by atoms with Gasteiger partial charge < -0.3 is 14.7 Å². The van der Waals surface area contributed by atoms with Crippen molar-refractivity contribution in [2.75, 3.05) is 31.2 Å². The molecule has 2 aromatic heterocycles. The summed E-state index contributed by atoms with van der Waals surface area (Å²) in [6.07, 6.45) is 7.43. The summed E-state index contributed by atoms with van der Waals surface area (Å²) in [6, 6.07) is 8.70. The van der Waals surface area contributed by atoms with Gasteiger partial charge in [-0.25, -0.2) is 14.6 Å². The third kappa shape index (κ3) is 2.61. The van der Waals surface area contributed by atoms with Crippen molar-refractivity contribution in [3.8, 4) is 5.82 Å². The molecule has 1 spiro atoms. The predicted molar refractivity (Wildman–Crippen MR) is 105 cm³/mol. The summed E-state index contributed by atoms with van der Waals surface area (Å²) in [5, 5.41) is 15.1. The Morgan fingerprint density at radius 2 is 2.07 bits per heavy atom. The molecule has 1 N–H and O–H groups in total. The van der Waals surface area contributed by atoms with Crippen molar-refractivity contribution in [3.05, 3.63) is 42.4 Å². The van der Waals surface area contributed by atoms with Crippen LogP contribution in [0.1, 0.15) is 30.7 Å². The van der Waals surface area contributed by atoms with E-state index in [4.69, 9.17) is 4.74 Å². The Kier molecular flexibility index (Phi) is 3.52. The van der Waals surface area contributed by atoms with Crippen LogP contribution in [0.2, 0.25) is 0 Å². The minimum Gasteiger partial charge on any atom is -0.394 e. The first-order chi connectivity index (χ1) is 13.8. The standard InChI is InChI=1S/C21H23N5O2/c27-12-16-11-25(5-6-28-16)19-8-20(23-13-22-19)26-18-7-14(1-2-15(18)10-24-26)17-9-21(17)3-4-21/h1-2,7-8,10,13,16-17,27H,3-6,9,11-12H2. The Labute approximate surface area is 163 Å². The van der Waals surface area contributed by atoms with Gasteiger partial charge in [0.15, 0.2) is 5.82 Å². The van der Waals surface area contributed by atoms with E-state index in [1.165, 1.54) is 24.8 Å².